The van der Waals surface area contributed by atoms with Gasteiger partial charge in [0.1, 0.15) is 6.54 Å². The average molecular weight is 451 g/mol. The molecule has 1 aliphatic heterocycles. The number of nitrogens with one attached hydrogen (secondary N) is 1. The third-order valence-corrected chi connectivity index (χ3v) is 5.74. The Labute approximate surface area is 178 Å². The van der Waals surface area contributed by atoms with E-state index in [9.17, 15) is 32.7 Å². The molecule has 1 fully saturated rings. The molecule has 1 aromatic carbocycles. The number of rotatable bonds is 3. The maximum atomic E-state index is 13.5. The van der Waals surface area contributed by atoms with Crippen molar-refractivity contribution in [3.8, 4) is 0 Å². The topological polar surface area (TPSA) is 113 Å². The van der Waals surface area contributed by atoms with Gasteiger partial charge < -0.3 is 14.6 Å². The predicted octanol–water partition coefficient (Wildman–Crippen LogP) is 1.13. The number of likely N-dealkylation sites (tertiary alicyclic amines) is 1. The number of hydrogen-bond donors (Lipinski definition) is 2. The molecule has 4 rings (SSSR count). The lowest BCUT2D eigenvalue weighted by Gasteiger charge is -2.43. The van der Waals surface area contributed by atoms with Gasteiger partial charge in [-0.1, -0.05) is 12.1 Å². The molecule has 12 heteroatoms. The lowest BCUT2D eigenvalue weighted by atomic mass is 9.88. The lowest BCUT2D eigenvalue weighted by Crippen LogP contribution is -2.55. The van der Waals surface area contributed by atoms with Crippen LogP contribution in [-0.4, -0.2) is 53.7 Å². The fourth-order valence-corrected chi connectivity index (χ4v) is 4.00. The SMILES string of the molecule is C[C@@]1(O)CCN(C(=O)Cn2c(C(F)(F)F)nc3ccccc32)C[C@H]1n1ccc(=O)[nH]c1=O. The van der Waals surface area contributed by atoms with Gasteiger partial charge in [0.15, 0.2) is 0 Å². The van der Waals surface area contributed by atoms with Gasteiger partial charge in [-0.15, -0.1) is 0 Å². The van der Waals surface area contributed by atoms with Crippen molar-refractivity contribution in [1.29, 1.82) is 0 Å². The highest BCUT2D eigenvalue weighted by Crippen LogP contribution is 2.33. The van der Waals surface area contributed by atoms with Crippen molar-refractivity contribution >= 4 is 16.9 Å². The zero-order valence-corrected chi connectivity index (χ0v) is 17.0. The number of hydrogen-bond acceptors (Lipinski definition) is 5. The Morgan fingerprint density at radius 1 is 1.28 bits per heavy atom. The second-order valence-corrected chi connectivity index (χ2v) is 7.99. The maximum Gasteiger partial charge on any atom is 0.449 e. The second-order valence-electron chi connectivity index (χ2n) is 7.99. The van der Waals surface area contributed by atoms with E-state index in [1.165, 1.54) is 30.2 Å². The molecule has 0 saturated carbocycles. The summed E-state index contributed by atoms with van der Waals surface area (Å²) in [5, 5.41) is 10.8. The van der Waals surface area contributed by atoms with Gasteiger partial charge in [0, 0.05) is 25.4 Å². The fraction of sp³-hybridized carbons (Fsp3) is 0.400. The van der Waals surface area contributed by atoms with Crippen LogP contribution in [0.25, 0.3) is 11.0 Å². The summed E-state index contributed by atoms with van der Waals surface area (Å²) in [5.74, 6) is -1.79. The standard InChI is InChI=1S/C20H20F3N5O4/c1-19(32)7-9-26(10-14(19)27-8-6-15(29)25-18(27)31)16(30)11-28-13-5-3-2-4-12(13)24-17(28)20(21,22)23/h2-6,8,14,32H,7,9-11H2,1H3,(H,25,29,31)/t14-,19-/m1/s1. The molecule has 1 saturated heterocycles. The van der Waals surface area contributed by atoms with E-state index in [2.05, 4.69) is 9.97 Å². The van der Waals surface area contributed by atoms with E-state index in [0.717, 1.165) is 15.2 Å². The number of amides is 1. The van der Waals surface area contributed by atoms with E-state index in [1.807, 2.05) is 0 Å². The number of carbonyl (C=O) groups excluding carboxylic acids is 1. The maximum absolute atomic E-state index is 13.5. The molecule has 2 atom stereocenters. The number of para-hydroxylation sites is 2. The van der Waals surface area contributed by atoms with E-state index in [1.54, 1.807) is 12.1 Å². The highest BCUT2D eigenvalue weighted by Gasteiger charge is 2.42. The summed E-state index contributed by atoms with van der Waals surface area (Å²) in [7, 11) is 0. The Morgan fingerprint density at radius 3 is 2.69 bits per heavy atom. The van der Waals surface area contributed by atoms with Gasteiger partial charge in [0.2, 0.25) is 11.7 Å². The van der Waals surface area contributed by atoms with E-state index < -0.39 is 47.3 Å². The van der Waals surface area contributed by atoms with Gasteiger partial charge in [-0.25, -0.2) is 9.78 Å². The Morgan fingerprint density at radius 2 is 2.00 bits per heavy atom. The number of carbonyl (C=O) groups is 1. The van der Waals surface area contributed by atoms with Crippen molar-refractivity contribution in [2.45, 2.75) is 37.7 Å². The zero-order chi connectivity index (χ0) is 23.3. The fourth-order valence-electron chi connectivity index (χ4n) is 4.00. The third-order valence-electron chi connectivity index (χ3n) is 5.74. The number of imidazole rings is 1. The summed E-state index contributed by atoms with van der Waals surface area (Å²) in [4.78, 5) is 43.6. The van der Waals surface area contributed by atoms with E-state index in [4.69, 9.17) is 0 Å². The number of nitrogens with zero attached hydrogens (tertiary/aromatic N) is 4. The molecule has 3 aromatic rings. The van der Waals surface area contributed by atoms with Crippen molar-refractivity contribution in [2.75, 3.05) is 13.1 Å². The summed E-state index contributed by atoms with van der Waals surface area (Å²) in [5.41, 5.74) is -2.45. The highest BCUT2D eigenvalue weighted by atomic mass is 19.4. The third kappa shape index (κ3) is 3.93. The summed E-state index contributed by atoms with van der Waals surface area (Å²) >= 11 is 0. The second kappa shape index (κ2) is 7.62. The number of piperidine rings is 1. The minimum absolute atomic E-state index is 0.0891. The Bertz CT molecular complexity index is 1290. The molecule has 32 heavy (non-hydrogen) atoms. The van der Waals surface area contributed by atoms with Gasteiger partial charge in [-0.2, -0.15) is 13.2 Å². The number of aromatic amines is 1. The van der Waals surface area contributed by atoms with Gasteiger partial charge in [0.25, 0.3) is 5.56 Å². The summed E-state index contributed by atoms with van der Waals surface area (Å²) in [6, 6.07) is 6.22. The molecular formula is C20H20F3N5O4. The van der Waals surface area contributed by atoms with Crippen LogP contribution in [-0.2, 0) is 17.5 Å². The van der Waals surface area contributed by atoms with Crippen molar-refractivity contribution in [3.05, 3.63) is 63.2 Å². The van der Waals surface area contributed by atoms with Crippen LogP contribution < -0.4 is 11.2 Å². The number of H-pyrrole nitrogens is 1. The number of alkyl halides is 3. The van der Waals surface area contributed by atoms with Crippen LogP contribution in [0.5, 0.6) is 0 Å². The van der Waals surface area contributed by atoms with Gasteiger partial charge >= 0.3 is 11.9 Å². The Balaban J connectivity index is 1.65. The Hall–Kier alpha value is -3.41. The minimum Gasteiger partial charge on any atom is -0.388 e. The highest BCUT2D eigenvalue weighted by molar-refractivity contribution is 5.81. The van der Waals surface area contributed by atoms with Crippen LogP contribution in [0, 0.1) is 0 Å². The molecule has 3 heterocycles. The zero-order valence-electron chi connectivity index (χ0n) is 17.0. The largest absolute Gasteiger partial charge is 0.449 e. The van der Waals surface area contributed by atoms with Crippen LogP contribution in [0.3, 0.4) is 0 Å². The first-order valence-corrected chi connectivity index (χ1v) is 9.81. The van der Waals surface area contributed by atoms with Gasteiger partial charge in [-0.3, -0.25) is 19.1 Å². The van der Waals surface area contributed by atoms with E-state index >= 15 is 0 Å². The smallest absolute Gasteiger partial charge is 0.388 e. The van der Waals surface area contributed by atoms with Crippen LogP contribution >= 0.6 is 0 Å². The number of benzene rings is 1. The average Bonchev–Trinajstić information content (AvgIpc) is 3.07. The number of aliphatic hydroxyl groups is 1. The summed E-state index contributed by atoms with van der Waals surface area (Å²) < 4.78 is 42.5. The summed E-state index contributed by atoms with van der Waals surface area (Å²) in [6.45, 7) is 0.868. The monoisotopic (exact) mass is 451 g/mol. The molecule has 9 nitrogen and oxygen atoms in total. The number of halogens is 3. The van der Waals surface area contributed by atoms with Gasteiger partial charge in [-0.05, 0) is 25.5 Å². The van der Waals surface area contributed by atoms with Crippen LogP contribution in [0.4, 0.5) is 13.2 Å². The molecule has 0 unspecified atom stereocenters. The summed E-state index contributed by atoms with van der Waals surface area (Å²) in [6.07, 6.45) is -3.44. The molecule has 0 radical (unpaired) electrons. The molecule has 0 aliphatic carbocycles. The molecule has 1 aliphatic rings. The first-order valence-electron chi connectivity index (χ1n) is 9.81. The predicted molar refractivity (Wildman–Crippen MR) is 107 cm³/mol. The number of aromatic nitrogens is 4. The van der Waals surface area contributed by atoms with Gasteiger partial charge in [0.05, 0.1) is 22.7 Å². The van der Waals surface area contributed by atoms with Crippen LogP contribution in [0.1, 0.15) is 25.2 Å². The van der Waals surface area contributed by atoms with Crippen LogP contribution in [0.15, 0.2) is 46.1 Å². The Kier molecular flexibility index (Phi) is 5.19. The van der Waals surface area contributed by atoms with E-state index in [0.29, 0.717) is 0 Å². The van der Waals surface area contributed by atoms with Crippen molar-refractivity contribution < 1.29 is 23.1 Å². The molecule has 0 spiro atoms. The lowest BCUT2D eigenvalue weighted by molar-refractivity contribution is -0.148. The molecule has 170 valence electrons. The van der Waals surface area contributed by atoms with Crippen molar-refractivity contribution in [1.82, 2.24) is 24.0 Å². The molecule has 0 bridgehead atoms. The van der Waals surface area contributed by atoms with E-state index in [-0.39, 0.29) is 30.5 Å². The first-order chi connectivity index (χ1) is 15.0. The molecular weight excluding hydrogens is 431 g/mol. The normalized spacial score (nSPS) is 21.8. The first kappa shape index (κ1) is 21.8. The quantitative estimate of drug-likeness (QED) is 0.620. The molecule has 1 amide bonds. The van der Waals surface area contributed by atoms with Crippen molar-refractivity contribution in [3.63, 3.8) is 0 Å². The van der Waals surface area contributed by atoms with Crippen molar-refractivity contribution in [2.24, 2.45) is 0 Å². The minimum atomic E-state index is -4.75. The molecule has 2 N–H and O–H groups in total. The van der Waals surface area contributed by atoms with Crippen LogP contribution in [0.2, 0.25) is 0 Å². The molecule has 2 aromatic heterocycles. The number of fused-ring (bicyclic) bond motifs is 1.